The number of esters is 1. The standard InChI is InChI=1S/C24H31N3O5S/c1-5-31-21(28)14-18-13-17-15-27(11-8-20(17)33-18)22(29)19(12-16-6-9-25-10-7-16)26-23(30)32-24(2,3)4/h6-7,9-10,13,19H,5,8,11-12,14-15H2,1-4H3,(H,26,30). The third kappa shape index (κ3) is 7.28. The summed E-state index contributed by atoms with van der Waals surface area (Å²) in [5, 5.41) is 2.76. The largest absolute Gasteiger partial charge is 0.466 e. The quantitative estimate of drug-likeness (QED) is 0.620. The maximum absolute atomic E-state index is 13.5. The Labute approximate surface area is 198 Å². The lowest BCUT2D eigenvalue weighted by molar-refractivity contribution is -0.142. The van der Waals surface area contributed by atoms with Gasteiger partial charge in [0.15, 0.2) is 0 Å². The van der Waals surface area contributed by atoms with Gasteiger partial charge in [0.2, 0.25) is 5.91 Å². The lowest BCUT2D eigenvalue weighted by Crippen LogP contribution is -2.51. The van der Waals surface area contributed by atoms with Crippen molar-refractivity contribution < 1.29 is 23.9 Å². The van der Waals surface area contributed by atoms with Gasteiger partial charge >= 0.3 is 12.1 Å². The van der Waals surface area contributed by atoms with Crippen LogP contribution in [-0.2, 0) is 44.9 Å². The van der Waals surface area contributed by atoms with Crippen molar-refractivity contribution in [3.63, 3.8) is 0 Å². The Morgan fingerprint density at radius 1 is 1.24 bits per heavy atom. The fourth-order valence-corrected chi connectivity index (χ4v) is 4.80. The summed E-state index contributed by atoms with van der Waals surface area (Å²) >= 11 is 1.60. The molecule has 3 rings (SSSR count). The fourth-order valence-electron chi connectivity index (χ4n) is 3.65. The van der Waals surface area contributed by atoms with Crippen LogP contribution < -0.4 is 5.32 Å². The second-order valence-electron chi connectivity index (χ2n) is 8.91. The van der Waals surface area contributed by atoms with Crippen LogP contribution in [0.1, 0.15) is 48.6 Å². The van der Waals surface area contributed by atoms with E-state index in [9.17, 15) is 14.4 Å². The zero-order valence-corrected chi connectivity index (χ0v) is 20.4. The molecule has 0 aromatic carbocycles. The van der Waals surface area contributed by atoms with Crippen LogP contribution in [0, 0.1) is 0 Å². The van der Waals surface area contributed by atoms with Gasteiger partial charge in [-0.2, -0.15) is 0 Å². The van der Waals surface area contributed by atoms with Crippen molar-refractivity contribution in [1.29, 1.82) is 0 Å². The van der Waals surface area contributed by atoms with E-state index in [1.807, 2.05) is 18.2 Å². The molecule has 2 amide bonds. The maximum atomic E-state index is 13.5. The minimum absolute atomic E-state index is 0.165. The topological polar surface area (TPSA) is 97.8 Å². The molecule has 1 unspecified atom stereocenters. The Kier molecular flexibility index (Phi) is 8.07. The number of nitrogens with zero attached hydrogens (tertiary/aromatic N) is 2. The van der Waals surface area contributed by atoms with Gasteiger partial charge in [-0.3, -0.25) is 14.6 Å². The number of carbonyl (C=O) groups excluding carboxylic acids is 3. The minimum Gasteiger partial charge on any atom is -0.466 e. The van der Waals surface area contributed by atoms with E-state index < -0.39 is 17.7 Å². The molecule has 3 heterocycles. The van der Waals surface area contributed by atoms with E-state index in [4.69, 9.17) is 9.47 Å². The number of amides is 2. The fraction of sp³-hybridized carbons (Fsp3) is 0.500. The number of ether oxygens (including phenoxy) is 2. The molecule has 2 aromatic heterocycles. The number of rotatable bonds is 7. The highest BCUT2D eigenvalue weighted by Crippen LogP contribution is 2.29. The molecule has 0 aliphatic carbocycles. The summed E-state index contributed by atoms with van der Waals surface area (Å²) in [5.74, 6) is -0.413. The first-order valence-corrected chi connectivity index (χ1v) is 11.9. The molecule has 178 valence electrons. The zero-order chi connectivity index (χ0) is 24.0. The molecular weight excluding hydrogens is 442 g/mol. The van der Waals surface area contributed by atoms with Crippen molar-refractivity contribution in [1.82, 2.24) is 15.2 Å². The molecule has 0 fully saturated rings. The smallest absolute Gasteiger partial charge is 0.408 e. The Hall–Kier alpha value is -2.94. The molecule has 0 saturated heterocycles. The highest BCUT2D eigenvalue weighted by Gasteiger charge is 2.31. The van der Waals surface area contributed by atoms with Crippen molar-refractivity contribution in [3.8, 4) is 0 Å². The minimum atomic E-state index is -0.763. The van der Waals surface area contributed by atoms with Crippen LogP contribution in [0.25, 0.3) is 0 Å². The van der Waals surface area contributed by atoms with E-state index in [-0.39, 0.29) is 18.3 Å². The first-order chi connectivity index (χ1) is 15.6. The van der Waals surface area contributed by atoms with Crippen molar-refractivity contribution in [2.75, 3.05) is 13.2 Å². The molecule has 1 aliphatic rings. The van der Waals surface area contributed by atoms with Gasteiger partial charge in [-0.1, -0.05) is 0 Å². The van der Waals surface area contributed by atoms with Crippen molar-refractivity contribution >= 4 is 29.3 Å². The molecule has 0 radical (unpaired) electrons. The molecule has 9 heteroatoms. The third-order valence-electron chi connectivity index (χ3n) is 5.03. The van der Waals surface area contributed by atoms with E-state index >= 15 is 0 Å². The summed E-state index contributed by atoms with van der Waals surface area (Å²) in [6.07, 6.45) is 3.98. The maximum Gasteiger partial charge on any atom is 0.408 e. The van der Waals surface area contributed by atoms with Gasteiger partial charge < -0.3 is 19.7 Å². The molecule has 2 aromatic rings. The van der Waals surface area contributed by atoms with Crippen LogP contribution in [0.15, 0.2) is 30.6 Å². The van der Waals surface area contributed by atoms with Crippen LogP contribution in [0.5, 0.6) is 0 Å². The lowest BCUT2D eigenvalue weighted by Gasteiger charge is -2.31. The van der Waals surface area contributed by atoms with E-state index in [1.165, 1.54) is 4.88 Å². The van der Waals surface area contributed by atoms with Crippen LogP contribution >= 0.6 is 11.3 Å². The second kappa shape index (κ2) is 10.8. The second-order valence-corrected chi connectivity index (χ2v) is 10.1. The average Bonchev–Trinajstić information content (AvgIpc) is 3.13. The van der Waals surface area contributed by atoms with Crippen LogP contribution in [0.4, 0.5) is 4.79 Å². The van der Waals surface area contributed by atoms with Crippen molar-refractivity contribution in [3.05, 3.63) is 51.5 Å². The number of aromatic nitrogens is 1. The van der Waals surface area contributed by atoms with Gasteiger partial charge in [-0.25, -0.2) is 4.79 Å². The molecule has 0 spiro atoms. The summed E-state index contributed by atoms with van der Waals surface area (Å²) < 4.78 is 10.4. The van der Waals surface area contributed by atoms with Gasteiger partial charge in [0.25, 0.3) is 0 Å². The number of alkyl carbamates (subject to hydrolysis) is 1. The van der Waals surface area contributed by atoms with E-state index in [0.29, 0.717) is 32.5 Å². The molecule has 1 aliphatic heterocycles. The monoisotopic (exact) mass is 473 g/mol. The molecule has 1 atom stereocenters. The number of nitrogens with one attached hydrogen (secondary N) is 1. The molecule has 0 bridgehead atoms. The molecule has 0 saturated carbocycles. The summed E-state index contributed by atoms with van der Waals surface area (Å²) in [5.41, 5.74) is 1.27. The Morgan fingerprint density at radius 2 is 1.97 bits per heavy atom. The zero-order valence-electron chi connectivity index (χ0n) is 19.6. The predicted molar refractivity (Wildman–Crippen MR) is 125 cm³/mol. The summed E-state index contributed by atoms with van der Waals surface area (Å²) in [6, 6.07) is 4.87. The number of thiophene rings is 1. The third-order valence-corrected chi connectivity index (χ3v) is 6.27. The highest BCUT2D eigenvalue weighted by atomic mass is 32.1. The van der Waals surface area contributed by atoms with Crippen molar-refractivity contribution in [2.45, 2.75) is 65.1 Å². The Morgan fingerprint density at radius 3 is 2.64 bits per heavy atom. The number of hydrogen-bond acceptors (Lipinski definition) is 7. The summed E-state index contributed by atoms with van der Waals surface area (Å²) in [6.45, 7) is 8.48. The van der Waals surface area contributed by atoms with Gasteiger partial charge in [-0.15, -0.1) is 11.3 Å². The Balaban J connectivity index is 1.72. The summed E-state index contributed by atoms with van der Waals surface area (Å²) in [4.78, 5) is 45.6. The SMILES string of the molecule is CCOC(=O)Cc1cc2c(s1)CCN(C(=O)C(Cc1ccncc1)NC(=O)OC(C)(C)C)C2. The van der Waals surface area contributed by atoms with Gasteiger partial charge in [0, 0.05) is 41.7 Å². The first-order valence-electron chi connectivity index (χ1n) is 11.1. The van der Waals surface area contributed by atoms with Crippen LogP contribution in [0.3, 0.4) is 0 Å². The molecule has 33 heavy (non-hydrogen) atoms. The van der Waals surface area contributed by atoms with Gasteiger partial charge in [-0.05, 0) is 63.4 Å². The molecule has 8 nitrogen and oxygen atoms in total. The number of carbonyl (C=O) groups is 3. The average molecular weight is 474 g/mol. The normalized spacial score (nSPS) is 14.2. The van der Waals surface area contributed by atoms with Crippen LogP contribution in [-0.4, -0.2) is 52.6 Å². The Bertz CT molecular complexity index is 984. The van der Waals surface area contributed by atoms with Gasteiger partial charge in [0.1, 0.15) is 11.6 Å². The molecule has 1 N–H and O–H groups in total. The van der Waals surface area contributed by atoms with E-state index in [2.05, 4.69) is 10.3 Å². The van der Waals surface area contributed by atoms with E-state index in [1.54, 1.807) is 56.3 Å². The van der Waals surface area contributed by atoms with Crippen LogP contribution in [0.2, 0.25) is 0 Å². The highest BCUT2D eigenvalue weighted by molar-refractivity contribution is 7.12. The lowest BCUT2D eigenvalue weighted by atomic mass is 10.0. The first kappa shape index (κ1) is 24.7. The van der Waals surface area contributed by atoms with Gasteiger partial charge in [0.05, 0.1) is 13.0 Å². The van der Waals surface area contributed by atoms with E-state index in [0.717, 1.165) is 16.0 Å². The molecular formula is C24H31N3O5S. The number of fused-ring (bicyclic) bond motifs is 1. The predicted octanol–water partition coefficient (Wildman–Crippen LogP) is 3.27. The number of pyridine rings is 1. The van der Waals surface area contributed by atoms with Crippen molar-refractivity contribution in [2.24, 2.45) is 0 Å². The number of hydrogen-bond donors (Lipinski definition) is 1. The summed E-state index contributed by atoms with van der Waals surface area (Å²) in [7, 11) is 0.